The van der Waals surface area contributed by atoms with Crippen molar-refractivity contribution in [3.63, 3.8) is 0 Å². The quantitative estimate of drug-likeness (QED) is 0.319. The second-order valence-electron chi connectivity index (χ2n) is 8.23. The summed E-state index contributed by atoms with van der Waals surface area (Å²) in [5.41, 5.74) is 0.0523. The van der Waals surface area contributed by atoms with E-state index in [1.807, 2.05) is 0 Å². The lowest BCUT2D eigenvalue weighted by molar-refractivity contribution is -0.144. The Morgan fingerprint density at radius 3 is 1.92 bits per heavy atom. The molecule has 0 radical (unpaired) electrons. The van der Waals surface area contributed by atoms with E-state index in [0.717, 1.165) is 12.3 Å². The Labute approximate surface area is 211 Å². The van der Waals surface area contributed by atoms with Crippen LogP contribution in [0.4, 0.5) is 13.2 Å². The van der Waals surface area contributed by atoms with Crippen LogP contribution in [0, 0.1) is 6.92 Å². The van der Waals surface area contributed by atoms with Crippen molar-refractivity contribution in [3.8, 4) is 33.6 Å². The molecule has 7 nitrogen and oxygen atoms in total. The molecular weight excluding hydrogens is 529 g/mol. The molecule has 0 fully saturated rings. The molecule has 37 heavy (non-hydrogen) atoms. The Bertz CT molecular complexity index is 1700. The zero-order valence-electron chi connectivity index (χ0n) is 19.3. The molecule has 0 aliphatic carbocycles. The molecule has 12 heteroatoms. The Morgan fingerprint density at radius 1 is 0.784 bits per heavy atom. The molecule has 3 aromatic carbocycles. The average Bonchev–Trinajstić information content (AvgIpc) is 2.82. The van der Waals surface area contributed by atoms with Crippen LogP contribution >= 0.6 is 0 Å². The minimum absolute atomic E-state index is 0.0382. The highest BCUT2D eigenvalue weighted by Crippen LogP contribution is 2.42. The van der Waals surface area contributed by atoms with E-state index in [9.17, 15) is 34.6 Å². The summed E-state index contributed by atoms with van der Waals surface area (Å²) in [6, 6.07) is 16.8. The lowest BCUT2D eigenvalue weighted by Gasteiger charge is -2.20. The summed E-state index contributed by atoms with van der Waals surface area (Å²) in [6.07, 6.45) is -4.03. The second kappa shape index (κ2) is 9.36. The van der Waals surface area contributed by atoms with Crippen LogP contribution in [0.2, 0.25) is 0 Å². The molecular formula is C25H18F3N2O5S2-. The summed E-state index contributed by atoms with van der Waals surface area (Å²) < 4.78 is 102. The Balaban J connectivity index is 2.19. The highest BCUT2D eigenvalue weighted by Gasteiger charge is 2.37. The summed E-state index contributed by atoms with van der Waals surface area (Å²) >= 11 is 0. The van der Waals surface area contributed by atoms with E-state index in [1.165, 1.54) is 36.4 Å². The molecule has 0 aliphatic rings. The van der Waals surface area contributed by atoms with Gasteiger partial charge in [0.15, 0.2) is 9.84 Å². The number of benzene rings is 3. The van der Waals surface area contributed by atoms with Gasteiger partial charge in [0.25, 0.3) is 0 Å². The number of sulfone groups is 1. The van der Waals surface area contributed by atoms with Crippen LogP contribution in [0.3, 0.4) is 0 Å². The SMILES string of the molecule is Cc1ccc(S(=O)(=O)[O-])c(-c2nc(C(F)(F)F)nc(-c3ccc(S(C)(=O)=O)cc3)c2-c2ccccc2)c1. The van der Waals surface area contributed by atoms with Gasteiger partial charge in [0.05, 0.1) is 21.2 Å². The molecule has 0 bridgehead atoms. The maximum Gasteiger partial charge on any atom is 0.451 e. The van der Waals surface area contributed by atoms with Crippen molar-refractivity contribution in [1.82, 2.24) is 9.97 Å². The number of alkyl halides is 3. The molecule has 4 aromatic rings. The molecule has 0 spiro atoms. The second-order valence-corrected chi connectivity index (χ2v) is 11.6. The number of rotatable bonds is 5. The molecule has 192 valence electrons. The van der Waals surface area contributed by atoms with Crippen molar-refractivity contribution in [2.75, 3.05) is 6.26 Å². The lowest BCUT2D eigenvalue weighted by atomic mass is 9.93. The molecule has 0 saturated carbocycles. The van der Waals surface area contributed by atoms with Crippen LogP contribution in [-0.4, -0.2) is 37.6 Å². The molecule has 4 rings (SSSR count). The first kappa shape index (κ1) is 26.5. The van der Waals surface area contributed by atoms with Gasteiger partial charge in [-0.1, -0.05) is 54.1 Å². The maximum atomic E-state index is 14.0. The monoisotopic (exact) mass is 547 g/mol. The van der Waals surface area contributed by atoms with E-state index in [4.69, 9.17) is 0 Å². The maximum absolute atomic E-state index is 14.0. The fourth-order valence-electron chi connectivity index (χ4n) is 3.78. The third-order valence-electron chi connectivity index (χ3n) is 5.44. The first-order valence-corrected chi connectivity index (χ1v) is 13.9. The van der Waals surface area contributed by atoms with Crippen molar-refractivity contribution in [3.05, 3.63) is 84.2 Å². The molecule has 0 amide bonds. The summed E-state index contributed by atoms with van der Waals surface area (Å²) in [5.74, 6) is -1.56. The Kier molecular flexibility index (Phi) is 6.69. The lowest BCUT2D eigenvalue weighted by Crippen LogP contribution is -2.14. The van der Waals surface area contributed by atoms with Gasteiger partial charge in [0, 0.05) is 22.9 Å². The number of nitrogens with zero attached hydrogens (tertiary/aromatic N) is 2. The van der Waals surface area contributed by atoms with Crippen LogP contribution in [0.1, 0.15) is 11.4 Å². The summed E-state index contributed by atoms with van der Waals surface area (Å²) in [5, 5.41) is 0. The van der Waals surface area contributed by atoms with Crippen molar-refractivity contribution in [1.29, 1.82) is 0 Å². The minimum atomic E-state index is -5.10. The van der Waals surface area contributed by atoms with Crippen LogP contribution in [0.25, 0.3) is 33.6 Å². The van der Waals surface area contributed by atoms with Gasteiger partial charge in [-0.05, 0) is 36.8 Å². The standard InChI is InChI=1S/C25H19F3N2O5S2/c1-15-8-13-20(37(33,34)35)19(14-15)23-21(16-6-4-3-5-7-16)22(29-24(30-23)25(26,27)28)17-9-11-18(12-10-17)36(2,31)32/h3-14H,1-2H3,(H,33,34,35)/p-1. The summed E-state index contributed by atoms with van der Waals surface area (Å²) in [7, 11) is -8.69. The van der Waals surface area contributed by atoms with Crippen LogP contribution in [0.5, 0.6) is 0 Å². The first-order chi connectivity index (χ1) is 17.2. The molecule has 0 atom stereocenters. The highest BCUT2D eigenvalue weighted by atomic mass is 32.2. The normalized spacial score (nSPS) is 12.5. The molecule has 0 unspecified atom stereocenters. The summed E-state index contributed by atoms with van der Waals surface area (Å²) in [4.78, 5) is 6.69. The third-order valence-corrected chi connectivity index (χ3v) is 7.46. The highest BCUT2D eigenvalue weighted by molar-refractivity contribution is 7.90. The van der Waals surface area contributed by atoms with Gasteiger partial charge in [-0.3, -0.25) is 0 Å². The number of aromatic nitrogens is 2. The van der Waals surface area contributed by atoms with Crippen molar-refractivity contribution in [2.24, 2.45) is 0 Å². The molecule has 0 saturated heterocycles. The smallest absolute Gasteiger partial charge is 0.451 e. The number of aryl methyl sites for hydroxylation is 1. The van der Waals surface area contributed by atoms with Gasteiger partial charge < -0.3 is 4.55 Å². The number of hydrogen-bond acceptors (Lipinski definition) is 7. The topological polar surface area (TPSA) is 117 Å². The van der Waals surface area contributed by atoms with Crippen molar-refractivity contribution in [2.45, 2.75) is 22.9 Å². The van der Waals surface area contributed by atoms with E-state index in [2.05, 4.69) is 9.97 Å². The van der Waals surface area contributed by atoms with E-state index >= 15 is 0 Å². The Morgan fingerprint density at radius 2 is 1.38 bits per heavy atom. The zero-order valence-corrected chi connectivity index (χ0v) is 20.9. The molecule has 0 N–H and O–H groups in total. The number of halogens is 3. The first-order valence-electron chi connectivity index (χ1n) is 10.6. The minimum Gasteiger partial charge on any atom is -0.744 e. The van der Waals surface area contributed by atoms with Gasteiger partial charge in [0.1, 0.15) is 10.1 Å². The Hall–Kier alpha value is -3.61. The van der Waals surface area contributed by atoms with E-state index < -0.39 is 42.5 Å². The summed E-state index contributed by atoms with van der Waals surface area (Å²) in [6.45, 7) is 1.59. The third kappa shape index (κ3) is 5.55. The fraction of sp³-hybridized carbons (Fsp3) is 0.120. The van der Waals surface area contributed by atoms with Crippen LogP contribution < -0.4 is 0 Å². The fourth-order valence-corrected chi connectivity index (χ4v) is 5.07. The molecule has 1 aromatic heterocycles. The van der Waals surface area contributed by atoms with Gasteiger partial charge >= 0.3 is 6.18 Å². The van der Waals surface area contributed by atoms with Crippen LogP contribution in [0.15, 0.2) is 82.6 Å². The van der Waals surface area contributed by atoms with Crippen molar-refractivity contribution >= 4 is 20.0 Å². The predicted octanol–water partition coefficient (Wildman–Crippen LogP) is 5.11. The van der Waals surface area contributed by atoms with Crippen molar-refractivity contribution < 1.29 is 34.6 Å². The van der Waals surface area contributed by atoms with Gasteiger partial charge in [-0.2, -0.15) is 13.2 Å². The number of hydrogen-bond donors (Lipinski definition) is 0. The predicted molar refractivity (Wildman–Crippen MR) is 129 cm³/mol. The van der Waals surface area contributed by atoms with Gasteiger partial charge in [0.2, 0.25) is 5.82 Å². The van der Waals surface area contributed by atoms with E-state index in [-0.39, 0.29) is 27.3 Å². The average molecular weight is 548 g/mol. The zero-order chi connectivity index (χ0) is 27.2. The molecule has 1 heterocycles. The van der Waals surface area contributed by atoms with Gasteiger partial charge in [-0.25, -0.2) is 26.8 Å². The van der Waals surface area contributed by atoms with E-state index in [0.29, 0.717) is 11.1 Å². The largest absolute Gasteiger partial charge is 0.744 e. The van der Waals surface area contributed by atoms with Crippen LogP contribution in [-0.2, 0) is 26.1 Å². The molecule has 0 aliphatic heterocycles. The van der Waals surface area contributed by atoms with E-state index in [1.54, 1.807) is 37.3 Å². The van der Waals surface area contributed by atoms with Gasteiger partial charge in [-0.15, -0.1) is 0 Å².